The van der Waals surface area contributed by atoms with E-state index in [2.05, 4.69) is 27.1 Å². The highest BCUT2D eigenvalue weighted by atomic mass is 19.1. The van der Waals surface area contributed by atoms with Crippen LogP contribution in [-0.2, 0) is 4.74 Å². The average Bonchev–Trinajstić information content (AvgIpc) is 3.09. The fraction of sp³-hybridized carbons (Fsp3) is 0.0952. The molecular weight excluding hydrogens is 364 g/mol. The minimum absolute atomic E-state index is 0.214. The molecule has 2 atom stereocenters. The summed E-state index contributed by atoms with van der Waals surface area (Å²) in [5.74, 6) is 4.40. The Morgan fingerprint density at radius 3 is 2.57 bits per heavy atom. The van der Waals surface area contributed by atoms with E-state index in [1.807, 2.05) is 6.07 Å². The van der Waals surface area contributed by atoms with Crippen LogP contribution in [0, 0.1) is 23.5 Å². The molecule has 0 spiro atoms. The molecular formula is C21H13F2N3O2. The molecule has 0 saturated carbocycles. The van der Waals surface area contributed by atoms with Crippen LogP contribution >= 0.6 is 0 Å². The van der Waals surface area contributed by atoms with Gasteiger partial charge in [0, 0.05) is 35.8 Å². The molecule has 0 bridgehead atoms. The van der Waals surface area contributed by atoms with E-state index in [-0.39, 0.29) is 5.56 Å². The smallest absolute Gasteiger partial charge is 0.408 e. The van der Waals surface area contributed by atoms with Crippen LogP contribution in [0.4, 0.5) is 13.6 Å². The number of carbonyl (C=O) groups is 1. The van der Waals surface area contributed by atoms with Crippen LogP contribution in [0.3, 0.4) is 0 Å². The van der Waals surface area contributed by atoms with Gasteiger partial charge in [0.2, 0.25) is 0 Å². The lowest BCUT2D eigenvalue weighted by Gasteiger charge is -2.17. The van der Waals surface area contributed by atoms with E-state index in [9.17, 15) is 13.6 Å². The van der Waals surface area contributed by atoms with Gasteiger partial charge in [-0.3, -0.25) is 4.98 Å². The van der Waals surface area contributed by atoms with Crippen molar-refractivity contribution in [3.8, 4) is 11.8 Å². The quantitative estimate of drug-likeness (QED) is 0.692. The third-order valence-electron chi connectivity index (χ3n) is 4.14. The Bertz CT molecular complexity index is 1070. The Kier molecular flexibility index (Phi) is 4.68. The van der Waals surface area contributed by atoms with Gasteiger partial charge in [-0.25, -0.2) is 18.6 Å². The second-order valence-electron chi connectivity index (χ2n) is 6.12. The lowest BCUT2D eigenvalue weighted by molar-refractivity contribution is 0.132. The summed E-state index contributed by atoms with van der Waals surface area (Å²) in [6.07, 6.45) is 3.21. The normalized spacial score (nSPS) is 18.0. The molecule has 1 N–H and O–H groups in total. The monoisotopic (exact) mass is 377 g/mol. The molecule has 7 heteroatoms. The van der Waals surface area contributed by atoms with E-state index in [1.54, 1.807) is 36.8 Å². The molecule has 2 aromatic heterocycles. The largest absolute Gasteiger partial charge is 0.439 e. The zero-order chi connectivity index (χ0) is 19.5. The van der Waals surface area contributed by atoms with Gasteiger partial charge in [0.1, 0.15) is 23.4 Å². The standard InChI is InChI=1S/C21H13F2N3O2/c22-16-8-14(9-17(23)10-16)20-19(26-21(27)28-20)15-7-13(11-24-12-15)4-5-18-3-1-2-6-25-18/h1-3,6-12,19-20H,(H,26,27)/t19-,20-/m0/s1. The minimum atomic E-state index is -0.890. The van der Waals surface area contributed by atoms with E-state index >= 15 is 0 Å². The molecule has 1 amide bonds. The third kappa shape index (κ3) is 3.81. The Morgan fingerprint density at radius 2 is 1.82 bits per heavy atom. The van der Waals surface area contributed by atoms with Gasteiger partial charge in [0.15, 0.2) is 6.10 Å². The predicted molar refractivity (Wildman–Crippen MR) is 95.9 cm³/mol. The zero-order valence-corrected chi connectivity index (χ0v) is 14.4. The molecule has 1 fully saturated rings. The fourth-order valence-corrected chi connectivity index (χ4v) is 2.95. The number of hydrogen-bond donors (Lipinski definition) is 1. The van der Waals surface area contributed by atoms with Crippen molar-refractivity contribution >= 4 is 6.09 Å². The maximum atomic E-state index is 13.6. The Hall–Kier alpha value is -3.79. The highest BCUT2D eigenvalue weighted by molar-refractivity contribution is 5.71. The topological polar surface area (TPSA) is 64.1 Å². The van der Waals surface area contributed by atoms with Gasteiger partial charge < -0.3 is 10.1 Å². The predicted octanol–water partition coefficient (Wildman–Crippen LogP) is 3.68. The first kappa shape index (κ1) is 17.6. The Balaban J connectivity index is 1.66. The Labute approximate surface area is 159 Å². The number of aromatic nitrogens is 2. The maximum Gasteiger partial charge on any atom is 0.408 e. The van der Waals surface area contributed by atoms with Crippen molar-refractivity contribution in [2.75, 3.05) is 0 Å². The lowest BCUT2D eigenvalue weighted by atomic mass is 9.96. The summed E-state index contributed by atoms with van der Waals surface area (Å²) in [6.45, 7) is 0. The van der Waals surface area contributed by atoms with Crippen molar-refractivity contribution < 1.29 is 18.3 Å². The molecule has 0 unspecified atom stereocenters. The summed E-state index contributed by atoms with van der Waals surface area (Å²) >= 11 is 0. The van der Waals surface area contributed by atoms with Crippen LogP contribution in [-0.4, -0.2) is 16.1 Å². The van der Waals surface area contributed by atoms with Gasteiger partial charge in [-0.15, -0.1) is 0 Å². The summed E-state index contributed by atoms with van der Waals surface area (Å²) in [5.41, 5.74) is 2.03. The molecule has 1 saturated heterocycles. The minimum Gasteiger partial charge on any atom is -0.439 e. The van der Waals surface area contributed by atoms with E-state index in [1.165, 1.54) is 0 Å². The number of nitrogens with one attached hydrogen (secondary N) is 1. The van der Waals surface area contributed by atoms with Gasteiger partial charge in [-0.1, -0.05) is 12.0 Å². The second kappa shape index (κ2) is 7.45. The third-order valence-corrected chi connectivity index (χ3v) is 4.14. The first-order valence-corrected chi connectivity index (χ1v) is 8.39. The van der Waals surface area contributed by atoms with E-state index in [4.69, 9.17) is 4.74 Å². The van der Waals surface area contributed by atoms with Crippen LogP contribution in [0.1, 0.15) is 34.5 Å². The molecule has 138 valence electrons. The molecule has 1 aliphatic rings. The van der Waals surface area contributed by atoms with Crippen LogP contribution in [0.15, 0.2) is 61.1 Å². The van der Waals surface area contributed by atoms with Gasteiger partial charge in [0.25, 0.3) is 0 Å². The number of benzene rings is 1. The molecule has 28 heavy (non-hydrogen) atoms. The highest BCUT2D eigenvalue weighted by Gasteiger charge is 2.37. The first-order chi connectivity index (χ1) is 13.6. The summed E-state index contributed by atoms with van der Waals surface area (Å²) in [6, 6.07) is 9.54. The van der Waals surface area contributed by atoms with E-state index in [0.717, 1.165) is 18.2 Å². The van der Waals surface area contributed by atoms with Crippen LogP contribution in [0.25, 0.3) is 0 Å². The van der Waals surface area contributed by atoms with Crippen molar-refractivity contribution in [3.63, 3.8) is 0 Å². The van der Waals surface area contributed by atoms with Crippen molar-refractivity contribution in [3.05, 3.63) is 95.1 Å². The van der Waals surface area contributed by atoms with Crippen molar-refractivity contribution in [1.29, 1.82) is 0 Å². The molecule has 3 aromatic rings. The van der Waals surface area contributed by atoms with Crippen LogP contribution in [0.5, 0.6) is 0 Å². The summed E-state index contributed by atoms with van der Waals surface area (Å²) < 4.78 is 32.4. The molecule has 4 rings (SSSR count). The van der Waals surface area contributed by atoms with Gasteiger partial charge in [0.05, 0.1) is 0 Å². The first-order valence-electron chi connectivity index (χ1n) is 8.39. The van der Waals surface area contributed by atoms with E-state index in [0.29, 0.717) is 16.8 Å². The lowest BCUT2D eigenvalue weighted by Crippen LogP contribution is -2.20. The fourth-order valence-electron chi connectivity index (χ4n) is 2.95. The number of amides is 1. The van der Waals surface area contributed by atoms with Crippen LogP contribution in [0.2, 0.25) is 0 Å². The number of nitrogens with zero attached hydrogens (tertiary/aromatic N) is 2. The van der Waals surface area contributed by atoms with E-state index < -0.39 is 29.9 Å². The van der Waals surface area contributed by atoms with Gasteiger partial charge in [-0.2, -0.15) is 0 Å². The average molecular weight is 377 g/mol. The number of pyridine rings is 2. The number of halogens is 2. The molecule has 0 radical (unpaired) electrons. The molecule has 1 aliphatic heterocycles. The maximum absolute atomic E-state index is 13.6. The molecule has 1 aromatic carbocycles. The number of alkyl carbamates (subject to hydrolysis) is 1. The number of ether oxygens (including phenoxy) is 1. The van der Waals surface area contributed by atoms with Gasteiger partial charge >= 0.3 is 6.09 Å². The number of cyclic esters (lactones) is 1. The van der Waals surface area contributed by atoms with Crippen molar-refractivity contribution in [1.82, 2.24) is 15.3 Å². The number of hydrogen-bond acceptors (Lipinski definition) is 4. The number of carbonyl (C=O) groups excluding carboxylic acids is 1. The van der Waals surface area contributed by atoms with Crippen molar-refractivity contribution in [2.24, 2.45) is 0 Å². The summed E-state index contributed by atoms with van der Waals surface area (Å²) in [7, 11) is 0. The Morgan fingerprint density at radius 1 is 1.00 bits per heavy atom. The molecule has 3 heterocycles. The SMILES string of the molecule is O=C1N[C@@H](c2cncc(C#Cc3ccccn3)c2)[C@H](c2cc(F)cc(F)c2)O1. The highest BCUT2D eigenvalue weighted by Crippen LogP contribution is 2.37. The van der Waals surface area contributed by atoms with Gasteiger partial charge in [-0.05, 0) is 41.8 Å². The van der Waals surface area contributed by atoms with Crippen molar-refractivity contribution in [2.45, 2.75) is 12.1 Å². The molecule has 5 nitrogen and oxygen atoms in total. The summed E-state index contributed by atoms with van der Waals surface area (Å²) in [4.78, 5) is 20.1. The summed E-state index contributed by atoms with van der Waals surface area (Å²) in [5, 5.41) is 2.65. The second-order valence-corrected chi connectivity index (χ2v) is 6.12. The molecule has 0 aliphatic carbocycles. The number of rotatable bonds is 2. The van der Waals surface area contributed by atoms with Crippen LogP contribution < -0.4 is 5.32 Å². The zero-order valence-electron chi connectivity index (χ0n) is 14.4.